The third-order valence-electron chi connectivity index (χ3n) is 2.62. The van der Waals surface area contributed by atoms with Crippen LogP contribution >= 0.6 is 0 Å². The Balaban J connectivity index is 2.23. The van der Waals surface area contributed by atoms with E-state index < -0.39 is 0 Å². The highest BCUT2D eigenvalue weighted by Crippen LogP contribution is 2.51. The van der Waals surface area contributed by atoms with Gasteiger partial charge in [0.15, 0.2) is 0 Å². The molecule has 1 aliphatic rings. The molecule has 0 aliphatic heterocycles. The number of nitrogens with zero attached hydrogens (tertiary/aromatic N) is 1. The molecular weight excluding hydrogens is 162 g/mol. The highest BCUT2D eigenvalue weighted by Gasteiger charge is 2.44. The lowest BCUT2D eigenvalue weighted by atomic mass is 9.98. The highest BCUT2D eigenvalue weighted by atomic mass is 16.3. The molecule has 0 spiro atoms. The van der Waals surface area contributed by atoms with Crippen LogP contribution in [0.5, 0.6) is 0 Å². The van der Waals surface area contributed by atoms with Crippen molar-refractivity contribution in [2.24, 2.45) is 5.41 Å². The topological polar surface area (TPSA) is 36.9 Å². The number of allylic oxidation sites excluding steroid dienone is 1. The summed E-state index contributed by atoms with van der Waals surface area (Å²) in [6.07, 6.45) is 5.58. The Kier molecular flexibility index (Phi) is 1.73. The van der Waals surface area contributed by atoms with Crippen LogP contribution in [0, 0.1) is 16.7 Å². The molecule has 1 aliphatic carbocycles. The van der Waals surface area contributed by atoms with Gasteiger partial charge in [0.1, 0.15) is 5.76 Å². The van der Waals surface area contributed by atoms with E-state index in [-0.39, 0.29) is 5.41 Å². The quantitative estimate of drug-likeness (QED) is 0.689. The number of nitriles is 1. The average molecular weight is 173 g/mol. The van der Waals surface area contributed by atoms with Gasteiger partial charge in [0.25, 0.3) is 0 Å². The normalized spacial score (nSPS) is 19.5. The number of furan rings is 1. The maximum Gasteiger partial charge on any atom is 0.126 e. The van der Waals surface area contributed by atoms with E-state index in [4.69, 9.17) is 9.68 Å². The molecule has 0 atom stereocenters. The first-order chi connectivity index (χ1) is 6.27. The van der Waals surface area contributed by atoms with Crippen LogP contribution < -0.4 is 0 Å². The van der Waals surface area contributed by atoms with Crippen LogP contribution in [0.1, 0.15) is 25.5 Å². The van der Waals surface area contributed by atoms with Gasteiger partial charge in [-0.05, 0) is 43.5 Å². The van der Waals surface area contributed by atoms with Gasteiger partial charge in [-0.2, -0.15) is 5.26 Å². The van der Waals surface area contributed by atoms with Gasteiger partial charge in [0, 0.05) is 0 Å². The van der Waals surface area contributed by atoms with Crippen molar-refractivity contribution >= 4 is 6.08 Å². The smallest absolute Gasteiger partial charge is 0.126 e. The summed E-state index contributed by atoms with van der Waals surface area (Å²) < 4.78 is 5.19. The number of rotatable bonds is 2. The first kappa shape index (κ1) is 8.12. The largest absolute Gasteiger partial charge is 0.465 e. The summed E-state index contributed by atoms with van der Waals surface area (Å²) >= 11 is 0. The molecule has 0 amide bonds. The van der Waals surface area contributed by atoms with E-state index in [1.165, 1.54) is 0 Å². The fraction of sp³-hybridized carbons (Fsp3) is 0.364. The molecule has 0 bridgehead atoms. The number of hydrogen-bond donors (Lipinski definition) is 0. The molecule has 2 heteroatoms. The van der Waals surface area contributed by atoms with E-state index in [0.29, 0.717) is 0 Å². The molecule has 2 nitrogen and oxygen atoms in total. The fourth-order valence-corrected chi connectivity index (χ4v) is 1.44. The SMILES string of the molecule is C/C(=C\c1ccco1)C1(C#N)CC1. The molecule has 1 heterocycles. The van der Waals surface area contributed by atoms with Gasteiger partial charge in [-0.1, -0.05) is 0 Å². The Morgan fingerprint density at radius 1 is 1.69 bits per heavy atom. The summed E-state index contributed by atoms with van der Waals surface area (Å²) in [7, 11) is 0. The summed E-state index contributed by atoms with van der Waals surface area (Å²) in [4.78, 5) is 0. The van der Waals surface area contributed by atoms with E-state index in [1.54, 1.807) is 6.26 Å². The van der Waals surface area contributed by atoms with Crippen LogP contribution in [0.25, 0.3) is 6.08 Å². The minimum Gasteiger partial charge on any atom is -0.465 e. The monoisotopic (exact) mass is 173 g/mol. The summed E-state index contributed by atoms with van der Waals surface area (Å²) in [6.45, 7) is 2.00. The van der Waals surface area contributed by atoms with E-state index in [0.717, 1.165) is 24.2 Å². The van der Waals surface area contributed by atoms with E-state index in [1.807, 2.05) is 25.1 Å². The lowest BCUT2D eigenvalue weighted by molar-refractivity contribution is 0.555. The van der Waals surface area contributed by atoms with Gasteiger partial charge < -0.3 is 4.42 Å². The minimum absolute atomic E-state index is 0.174. The molecule has 0 unspecified atom stereocenters. The van der Waals surface area contributed by atoms with Crippen molar-refractivity contribution in [3.05, 3.63) is 29.7 Å². The van der Waals surface area contributed by atoms with Crippen LogP contribution in [0.3, 0.4) is 0 Å². The van der Waals surface area contributed by atoms with Crippen LogP contribution in [0.15, 0.2) is 28.4 Å². The average Bonchev–Trinajstić information content (AvgIpc) is 2.79. The third-order valence-corrected chi connectivity index (χ3v) is 2.62. The predicted molar refractivity (Wildman–Crippen MR) is 49.6 cm³/mol. The van der Waals surface area contributed by atoms with Gasteiger partial charge >= 0.3 is 0 Å². The molecule has 0 aromatic carbocycles. The lowest BCUT2D eigenvalue weighted by Crippen LogP contribution is -1.96. The molecule has 1 aromatic heterocycles. The molecule has 1 saturated carbocycles. The molecule has 0 radical (unpaired) electrons. The van der Waals surface area contributed by atoms with Crippen molar-refractivity contribution in [2.45, 2.75) is 19.8 Å². The van der Waals surface area contributed by atoms with Crippen molar-refractivity contribution in [3.8, 4) is 6.07 Å². The van der Waals surface area contributed by atoms with Crippen LogP contribution in [0.2, 0.25) is 0 Å². The van der Waals surface area contributed by atoms with Crippen molar-refractivity contribution in [2.75, 3.05) is 0 Å². The van der Waals surface area contributed by atoms with E-state index >= 15 is 0 Å². The van der Waals surface area contributed by atoms with Crippen LogP contribution in [-0.4, -0.2) is 0 Å². The molecule has 13 heavy (non-hydrogen) atoms. The summed E-state index contributed by atoms with van der Waals surface area (Å²) in [5.41, 5.74) is 0.942. The molecule has 2 rings (SSSR count). The second kappa shape index (κ2) is 2.77. The molecule has 1 aromatic rings. The Labute approximate surface area is 77.5 Å². The second-order valence-corrected chi connectivity index (χ2v) is 3.54. The molecule has 66 valence electrons. The summed E-state index contributed by atoms with van der Waals surface area (Å²) in [5.74, 6) is 0.832. The third kappa shape index (κ3) is 1.38. The zero-order chi connectivity index (χ0) is 9.31. The van der Waals surface area contributed by atoms with Crippen molar-refractivity contribution in [1.29, 1.82) is 5.26 Å². The maximum absolute atomic E-state index is 8.93. The molecule has 0 N–H and O–H groups in total. The van der Waals surface area contributed by atoms with E-state index in [2.05, 4.69) is 6.07 Å². The molecule has 0 saturated heterocycles. The first-order valence-electron chi connectivity index (χ1n) is 4.40. The van der Waals surface area contributed by atoms with Crippen LogP contribution in [0.4, 0.5) is 0 Å². The van der Waals surface area contributed by atoms with Gasteiger partial charge in [-0.3, -0.25) is 0 Å². The Bertz CT molecular complexity index is 363. The molecule has 1 fully saturated rings. The predicted octanol–water partition coefficient (Wildman–Crippen LogP) is 2.99. The van der Waals surface area contributed by atoms with Crippen molar-refractivity contribution in [1.82, 2.24) is 0 Å². The van der Waals surface area contributed by atoms with Crippen LogP contribution in [-0.2, 0) is 0 Å². The number of hydrogen-bond acceptors (Lipinski definition) is 2. The van der Waals surface area contributed by atoms with Crippen molar-refractivity contribution < 1.29 is 4.42 Å². The zero-order valence-electron chi connectivity index (χ0n) is 7.58. The summed E-state index contributed by atoms with van der Waals surface area (Å²) in [6, 6.07) is 6.11. The molecular formula is C11H11NO. The zero-order valence-corrected chi connectivity index (χ0v) is 7.58. The Hall–Kier alpha value is -1.49. The second-order valence-electron chi connectivity index (χ2n) is 3.54. The Morgan fingerprint density at radius 2 is 2.46 bits per heavy atom. The minimum atomic E-state index is -0.174. The van der Waals surface area contributed by atoms with Gasteiger partial charge in [-0.15, -0.1) is 0 Å². The summed E-state index contributed by atoms with van der Waals surface area (Å²) in [5, 5.41) is 8.93. The standard InChI is InChI=1S/C11H11NO/c1-9(11(8-12)4-5-11)7-10-3-2-6-13-10/h2-3,6-7H,4-5H2,1H3/b9-7+. The van der Waals surface area contributed by atoms with E-state index in [9.17, 15) is 0 Å². The fourth-order valence-electron chi connectivity index (χ4n) is 1.44. The Morgan fingerprint density at radius 3 is 2.92 bits per heavy atom. The van der Waals surface area contributed by atoms with Gasteiger partial charge in [0.2, 0.25) is 0 Å². The van der Waals surface area contributed by atoms with Crippen molar-refractivity contribution in [3.63, 3.8) is 0 Å². The lowest BCUT2D eigenvalue weighted by Gasteiger charge is -2.03. The first-order valence-corrected chi connectivity index (χ1v) is 4.40. The highest BCUT2D eigenvalue weighted by molar-refractivity contribution is 5.52. The van der Waals surface area contributed by atoms with Gasteiger partial charge in [0.05, 0.1) is 17.7 Å². The maximum atomic E-state index is 8.93. The van der Waals surface area contributed by atoms with Gasteiger partial charge in [-0.25, -0.2) is 0 Å².